The Kier molecular flexibility index (Phi) is 1.59. The molecule has 1 heteroatoms. The SMILES string of the molecule is CC1C[C@@H]2C3CCC(C3)[C@@H]2CC1=O. The first-order chi connectivity index (χ1) is 6.25. The maximum absolute atomic E-state index is 11.6. The summed E-state index contributed by atoms with van der Waals surface area (Å²) in [6, 6.07) is 0. The van der Waals surface area contributed by atoms with E-state index >= 15 is 0 Å². The zero-order valence-corrected chi connectivity index (χ0v) is 8.33. The van der Waals surface area contributed by atoms with Crippen LogP contribution in [0, 0.1) is 29.6 Å². The van der Waals surface area contributed by atoms with E-state index in [0.717, 1.165) is 30.1 Å². The molecule has 0 N–H and O–H groups in total. The minimum Gasteiger partial charge on any atom is -0.299 e. The number of carbonyl (C=O) groups is 1. The highest BCUT2D eigenvalue weighted by molar-refractivity contribution is 5.81. The number of hydrogen-bond donors (Lipinski definition) is 0. The second-order valence-corrected chi connectivity index (χ2v) is 5.47. The first kappa shape index (κ1) is 8.02. The Balaban J connectivity index is 1.84. The molecule has 5 atom stereocenters. The summed E-state index contributed by atoms with van der Waals surface area (Å²) in [6.45, 7) is 2.13. The van der Waals surface area contributed by atoms with Gasteiger partial charge < -0.3 is 0 Å². The molecule has 0 amide bonds. The smallest absolute Gasteiger partial charge is 0.136 e. The fourth-order valence-electron chi connectivity index (χ4n) is 4.19. The van der Waals surface area contributed by atoms with Crippen LogP contribution in [0.4, 0.5) is 0 Å². The minimum absolute atomic E-state index is 0.376. The van der Waals surface area contributed by atoms with Crippen LogP contribution in [-0.4, -0.2) is 5.78 Å². The molecule has 72 valence electrons. The van der Waals surface area contributed by atoms with Gasteiger partial charge in [-0.15, -0.1) is 0 Å². The lowest BCUT2D eigenvalue weighted by Gasteiger charge is -2.36. The van der Waals surface area contributed by atoms with Crippen molar-refractivity contribution in [1.82, 2.24) is 0 Å². The Bertz CT molecular complexity index is 246. The van der Waals surface area contributed by atoms with Gasteiger partial charge in [0, 0.05) is 12.3 Å². The molecule has 1 nitrogen and oxygen atoms in total. The molecule has 0 aromatic carbocycles. The summed E-state index contributed by atoms with van der Waals surface area (Å²) in [6.07, 6.45) is 6.48. The van der Waals surface area contributed by atoms with E-state index in [2.05, 4.69) is 6.92 Å². The first-order valence-corrected chi connectivity index (χ1v) is 5.78. The van der Waals surface area contributed by atoms with Crippen LogP contribution >= 0.6 is 0 Å². The fraction of sp³-hybridized carbons (Fsp3) is 0.917. The van der Waals surface area contributed by atoms with Crippen molar-refractivity contribution in [1.29, 1.82) is 0 Å². The lowest BCUT2D eigenvalue weighted by Crippen LogP contribution is -2.34. The normalized spacial score (nSPS) is 53.9. The van der Waals surface area contributed by atoms with Gasteiger partial charge in [-0.1, -0.05) is 6.92 Å². The zero-order chi connectivity index (χ0) is 9.00. The molecule has 3 aliphatic rings. The molecule has 3 aliphatic carbocycles. The molecule has 0 aliphatic heterocycles. The first-order valence-electron chi connectivity index (χ1n) is 5.78. The predicted molar refractivity (Wildman–Crippen MR) is 51.2 cm³/mol. The molecular formula is C12H18O. The number of ketones is 1. The summed E-state index contributed by atoms with van der Waals surface area (Å²) in [5.41, 5.74) is 0. The van der Waals surface area contributed by atoms with E-state index in [1.807, 2.05) is 0 Å². The predicted octanol–water partition coefficient (Wildman–Crippen LogP) is 2.65. The molecule has 13 heavy (non-hydrogen) atoms. The van der Waals surface area contributed by atoms with E-state index in [1.54, 1.807) is 0 Å². The van der Waals surface area contributed by atoms with Crippen molar-refractivity contribution in [2.24, 2.45) is 29.6 Å². The molecule has 3 unspecified atom stereocenters. The highest BCUT2D eigenvalue weighted by Crippen LogP contribution is 2.57. The van der Waals surface area contributed by atoms with Gasteiger partial charge in [-0.25, -0.2) is 0 Å². The highest BCUT2D eigenvalue weighted by atomic mass is 16.1. The molecular weight excluding hydrogens is 160 g/mol. The topological polar surface area (TPSA) is 17.1 Å². The quantitative estimate of drug-likeness (QED) is 0.557. The minimum atomic E-state index is 0.376. The third-order valence-corrected chi connectivity index (χ3v) is 4.89. The number of fused-ring (bicyclic) bond motifs is 5. The van der Waals surface area contributed by atoms with Crippen LogP contribution in [0.1, 0.15) is 39.0 Å². The molecule has 0 saturated heterocycles. The van der Waals surface area contributed by atoms with Gasteiger partial charge >= 0.3 is 0 Å². The van der Waals surface area contributed by atoms with Crippen molar-refractivity contribution in [3.05, 3.63) is 0 Å². The molecule has 0 heterocycles. The van der Waals surface area contributed by atoms with Crippen LogP contribution < -0.4 is 0 Å². The second kappa shape index (κ2) is 2.59. The van der Waals surface area contributed by atoms with Gasteiger partial charge in [0.05, 0.1) is 0 Å². The maximum Gasteiger partial charge on any atom is 0.136 e. The fourth-order valence-corrected chi connectivity index (χ4v) is 4.19. The lowest BCUT2D eigenvalue weighted by atomic mass is 9.67. The molecule has 2 bridgehead atoms. The van der Waals surface area contributed by atoms with Gasteiger partial charge in [0.15, 0.2) is 0 Å². The summed E-state index contributed by atoms with van der Waals surface area (Å²) in [5, 5.41) is 0. The molecule has 3 saturated carbocycles. The van der Waals surface area contributed by atoms with Gasteiger partial charge in [-0.3, -0.25) is 4.79 Å². The van der Waals surface area contributed by atoms with E-state index in [4.69, 9.17) is 0 Å². The maximum atomic E-state index is 11.6. The molecule has 0 aromatic heterocycles. The van der Waals surface area contributed by atoms with Crippen LogP contribution in [0.2, 0.25) is 0 Å². The van der Waals surface area contributed by atoms with Gasteiger partial charge in [-0.2, -0.15) is 0 Å². The van der Waals surface area contributed by atoms with Crippen molar-refractivity contribution in [2.75, 3.05) is 0 Å². The van der Waals surface area contributed by atoms with Crippen molar-refractivity contribution >= 4 is 5.78 Å². The van der Waals surface area contributed by atoms with Crippen molar-refractivity contribution in [2.45, 2.75) is 39.0 Å². The molecule has 3 fully saturated rings. The largest absolute Gasteiger partial charge is 0.299 e. The van der Waals surface area contributed by atoms with Gasteiger partial charge in [0.25, 0.3) is 0 Å². The van der Waals surface area contributed by atoms with Crippen LogP contribution in [0.5, 0.6) is 0 Å². The summed E-state index contributed by atoms with van der Waals surface area (Å²) >= 11 is 0. The zero-order valence-electron chi connectivity index (χ0n) is 8.33. The number of rotatable bonds is 0. The van der Waals surface area contributed by atoms with Gasteiger partial charge in [0.1, 0.15) is 5.78 Å². The average Bonchev–Trinajstić information content (AvgIpc) is 2.67. The van der Waals surface area contributed by atoms with Crippen LogP contribution in [0.25, 0.3) is 0 Å². The molecule has 0 radical (unpaired) electrons. The third kappa shape index (κ3) is 1.02. The lowest BCUT2D eigenvalue weighted by molar-refractivity contribution is -0.127. The molecule has 0 aromatic rings. The Morgan fingerprint density at radius 2 is 1.77 bits per heavy atom. The second-order valence-electron chi connectivity index (χ2n) is 5.47. The molecule has 3 rings (SSSR count). The van der Waals surface area contributed by atoms with Gasteiger partial charge in [-0.05, 0) is 49.4 Å². The number of Topliss-reactive ketones (excluding diaryl/α,β-unsaturated/α-hetero) is 1. The van der Waals surface area contributed by atoms with Crippen LogP contribution in [0.3, 0.4) is 0 Å². The van der Waals surface area contributed by atoms with Gasteiger partial charge in [0.2, 0.25) is 0 Å². The number of hydrogen-bond acceptors (Lipinski definition) is 1. The summed E-state index contributed by atoms with van der Waals surface area (Å²) < 4.78 is 0. The summed E-state index contributed by atoms with van der Waals surface area (Å²) in [4.78, 5) is 11.6. The van der Waals surface area contributed by atoms with Crippen molar-refractivity contribution in [3.8, 4) is 0 Å². The van der Waals surface area contributed by atoms with E-state index < -0.39 is 0 Å². The van der Waals surface area contributed by atoms with Crippen LogP contribution in [-0.2, 0) is 4.79 Å². The summed E-state index contributed by atoms with van der Waals surface area (Å²) in [7, 11) is 0. The Morgan fingerprint density at radius 3 is 2.54 bits per heavy atom. The summed E-state index contributed by atoms with van der Waals surface area (Å²) in [5.74, 6) is 4.61. The van der Waals surface area contributed by atoms with E-state index in [0.29, 0.717) is 11.7 Å². The standard InChI is InChI=1S/C12H18O/c1-7-4-10-8-2-3-9(5-8)11(10)6-12(7)13/h7-11H,2-6H2,1H3/t7?,8?,9?,10-,11+/m1/s1. The number of carbonyl (C=O) groups excluding carboxylic acids is 1. The van der Waals surface area contributed by atoms with E-state index in [1.165, 1.54) is 25.7 Å². The highest BCUT2D eigenvalue weighted by Gasteiger charge is 2.50. The average molecular weight is 178 g/mol. The van der Waals surface area contributed by atoms with E-state index in [-0.39, 0.29) is 0 Å². The monoisotopic (exact) mass is 178 g/mol. The van der Waals surface area contributed by atoms with Crippen LogP contribution in [0.15, 0.2) is 0 Å². The Labute approximate surface area is 79.9 Å². The molecule has 0 spiro atoms. The third-order valence-electron chi connectivity index (χ3n) is 4.89. The van der Waals surface area contributed by atoms with Crippen molar-refractivity contribution < 1.29 is 4.79 Å². The Morgan fingerprint density at radius 1 is 1.08 bits per heavy atom. The Hall–Kier alpha value is -0.330. The van der Waals surface area contributed by atoms with Crippen molar-refractivity contribution in [3.63, 3.8) is 0 Å². The van der Waals surface area contributed by atoms with E-state index in [9.17, 15) is 4.79 Å².